The molecule has 102 valence electrons. The highest BCUT2D eigenvalue weighted by atomic mass is 19.1. The summed E-state index contributed by atoms with van der Waals surface area (Å²) in [4.78, 5) is 4.39. The molecule has 0 fully saturated rings. The van der Waals surface area contributed by atoms with Crippen LogP contribution in [0.1, 0.15) is 30.8 Å². The van der Waals surface area contributed by atoms with Gasteiger partial charge in [0.25, 0.3) is 0 Å². The number of nitrogens with zero attached hydrogens (tertiary/aromatic N) is 2. The molecule has 0 amide bonds. The maximum atomic E-state index is 13.3. The number of halogens is 1. The first-order chi connectivity index (χ1) is 9.20. The Bertz CT molecular complexity index is 522. The van der Waals surface area contributed by atoms with Crippen molar-refractivity contribution in [2.24, 2.45) is 7.05 Å². The predicted octanol–water partition coefficient (Wildman–Crippen LogP) is 2.84. The SMILES string of the molecule is CCCNC(Cc1cccc(F)c1)c1nccn1C. The van der Waals surface area contributed by atoms with Crippen molar-refractivity contribution in [3.05, 3.63) is 53.9 Å². The number of nitrogens with one attached hydrogen (secondary N) is 1. The van der Waals surface area contributed by atoms with Gasteiger partial charge in [0, 0.05) is 19.4 Å². The second-order valence-electron chi connectivity index (χ2n) is 4.74. The summed E-state index contributed by atoms with van der Waals surface area (Å²) in [7, 11) is 1.98. The Morgan fingerprint density at radius 1 is 1.42 bits per heavy atom. The minimum atomic E-state index is -0.188. The number of hydrogen-bond donors (Lipinski definition) is 1. The Hall–Kier alpha value is -1.68. The smallest absolute Gasteiger partial charge is 0.125 e. The topological polar surface area (TPSA) is 29.9 Å². The van der Waals surface area contributed by atoms with Crippen molar-refractivity contribution in [3.8, 4) is 0 Å². The number of aryl methyl sites for hydroxylation is 1. The van der Waals surface area contributed by atoms with E-state index in [4.69, 9.17) is 0 Å². The van der Waals surface area contributed by atoms with Crippen molar-refractivity contribution in [2.45, 2.75) is 25.8 Å². The average Bonchev–Trinajstić information content (AvgIpc) is 2.81. The van der Waals surface area contributed by atoms with E-state index >= 15 is 0 Å². The van der Waals surface area contributed by atoms with Gasteiger partial charge in [0.05, 0.1) is 6.04 Å². The van der Waals surface area contributed by atoms with Gasteiger partial charge in [0.1, 0.15) is 11.6 Å². The Labute approximate surface area is 113 Å². The third-order valence-corrected chi connectivity index (χ3v) is 3.14. The molecule has 0 radical (unpaired) electrons. The van der Waals surface area contributed by atoms with Crippen LogP contribution in [0, 0.1) is 5.82 Å². The van der Waals surface area contributed by atoms with Gasteiger partial charge in [-0.2, -0.15) is 0 Å². The zero-order valence-electron chi connectivity index (χ0n) is 11.4. The van der Waals surface area contributed by atoms with Crippen molar-refractivity contribution in [2.75, 3.05) is 6.54 Å². The van der Waals surface area contributed by atoms with E-state index in [1.807, 2.05) is 23.9 Å². The summed E-state index contributed by atoms with van der Waals surface area (Å²) in [6, 6.07) is 6.87. The second kappa shape index (κ2) is 6.48. The molecule has 1 heterocycles. The van der Waals surface area contributed by atoms with Gasteiger partial charge in [-0.25, -0.2) is 9.37 Å². The number of rotatable bonds is 6. The molecule has 0 aliphatic heterocycles. The fourth-order valence-electron chi connectivity index (χ4n) is 2.19. The van der Waals surface area contributed by atoms with E-state index in [1.165, 1.54) is 6.07 Å². The Morgan fingerprint density at radius 3 is 2.89 bits per heavy atom. The van der Waals surface area contributed by atoms with Crippen LogP contribution in [0.3, 0.4) is 0 Å². The molecule has 3 nitrogen and oxygen atoms in total. The summed E-state index contributed by atoms with van der Waals surface area (Å²) in [5.74, 6) is 0.796. The third-order valence-electron chi connectivity index (χ3n) is 3.14. The van der Waals surface area contributed by atoms with E-state index in [-0.39, 0.29) is 11.9 Å². The molecule has 1 N–H and O–H groups in total. The van der Waals surface area contributed by atoms with Gasteiger partial charge < -0.3 is 9.88 Å². The lowest BCUT2D eigenvalue weighted by Crippen LogP contribution is -2.26. The van der Waals surface area contributed by atoms with Crippen molar-refractivity contribution in [1.29, 1.82) is 0 Å². The molecule has 4 heteroatoms. The van der Waals surface area contributed by atoms with Gasteiger partial charge in [-0.05, 0) is 37.1 Å². The zero-order valence-corrected chi connectivity index (χ0v) is 11.4. The molecule has 2 rings (SSSR count). The number of imidazole rings is 1. The van der Waals surface area contributed by atoms with Gasteiger partial charge in [0.15, 0.2) is 0 Å². The molecule has 0 spiro atoms. The maximum absolute atomic E-state index is 13.3. The van der Waals surface area contributed by atoms with Gasteiger partial charge in [0.2, 0.25) is 0 Å². The van der Waals surface area contributed by atoms with E-state index in [2.05, 4.69) is 17.2 Å². The highest BCUT2D eigenvalue weighted by Gasteiger charge is 2.15. The highest BCUT2D eigenvalue weighted by Crippen LogP contribution is 2.17. The van der Waals surface area contributed by atoms with Gasteiger partial charge in [-0.15, -0.1) is 0 Å². The first kappa shape index (κ1) is 13.7. The van der Waals surface area contributed by atoms with Crippen molar-refractivity contribution >= 4 is 0 Å². The average molecular weight is 261 g/mol. The van der Waals surface area contributed by atoms with E-state index < -0.39 is 0 Å². The molecule has 2 aromatic rings. The molecule has 0 aliphatic rings. The van der Waals surface area contributed by atoms with Crippen LogP contribution in [0.5, 0.6) is 0 Å². The molecule has 0 saturated carbocycles. The first-order valence-electron chi connectivity index (χ1n) is 6.65. The van der Waals surface area contributed by atoms with Crippen LogP contribution in [-0.2, 0) is 13.5 Å². The van der Waals surface area contributed by atoms with Crippen LogP contribution in [-0.4, -0.2) is 16.1 Å². The van der Waals surface area contributed by atoms with Gasteiger partial charge >= 0.3 is 0 Å². The molecular weight excluding hydrogens is 241 g/mol. The lowest BCUT2D eigenvalue weighted by Gasteiger charge is -2.18. The predicted molar refractivity (Wildman–Crippen MR) is 74.3 cm³/mol. The Balaban J connectivity index is 2.16. The third kappa shape index (κ3) is 3.64. The minimum absolute atomic E-state index is 0.113. The zero-order chi connectivity index (χ0) is 13.7. The van der Waals surface area contributed by atoms with E-state index in [0.717, 1.165) is 30.8 Å². The van der Waals surface area contributed by atoms with Crippen LogP contribution in [0.15, 0.2) is 36.7 Å². The monoisotopic (exact) mass is 261 g/mol. The van der Waals surface area contributed by atoms with E-state index in [0.29, 0.717) is 0 Å². The molecule has 1 unspecified atom stereocenters. The molecule has 1 aromatic heterocycles. The Morgan fingerprint density at radius 2 is 2.26 bits per heavy atom. The number of benzene rings is 1. The lowest BCUT2D eigenvalue weighted by atomic mass is 10.0. The minimum Gasteiger partial charge on any atom is -0.337 e. The lowest BCUT2D eigenvalue weighted by molar-refractivity contribution is 0.490. The molecule has 1 atom stereocenters. The standard InChI is InChI=1S/C15H20FN3/c1-3-7-17-14(15-18-8-9-19(15)2)11-12-5-4-6-13(16)10-12/h4-6,8-10,14,17H,3,7,11H2,1-2H3. The van der Waals surface area contributed by atoms with Crippen molar-refractivity contribution in [1.82, 2.24) is 14.9 Å². The number of hydrogen-bond acceptors (Lipinski definition) is 2. The van der Waals surface area contributed by atoms with Crippen molar-refractivity contribution in [3.63, 3.8) is 0 Å². The van der Waals surface area contributed by atoms with Gasteiger partial charge in [-0.1, -0.05) is 19.1 Å². The fourth-order valence-corrected chi connectivity index (χ4v) is 2.19. The van der Waals surface area contributed by atoms with Crippen molar-refractivity contribution < 1.29 is 4.39 Å². The first-order valence-corrected chi connectivity index (χ1v) is 6.65. The van der Waals surface area contributed by atoms with Gasteiger partial charge in [-0.3, -0.25) is 0 Å². The maximum Gasteiger partial charge on any atom is 0.125 e. The molecule has 1 aromatic carbocycles. The molecule has 0 bridgehead atoms. The van der Waals surface area contributed by atoms with Crippen LogP contribution in [0.2, 0.25) is 0 Å². The molecule has 0 aliphatic carbocycles. The molecule has 19 heavy (non-hydrogen) atoms. The highest BCUT2D eigenvalue weighted by molar-refractivity contribution is 5.19. The summed E-state index contributed by atoms with van der Waals surface area (Å²) < 4.78 is 15.3. The summed E-state index contributed by atoms with van der Waals surface area (Å²) in [6.45, 7) is 3.05. The second-order valence-corrected chi connectivity index (χ2v) is 4.74. The summed E-state index contributed by atoms with van der Waals surface area (Å²) in [5, 5.41) is 3.47. The molecular formula is C15H20FN3. The van der Waals surface area contributed by atoms with Crippen LogP contribution >= 0.6 is 0 Å². The summed E-state index contributed by atoms with van der Waals surface area (Å²) in [5.41, 5.74) is 0.983. The largest absolute Gasteiger partial charge is 0.337 e. The van der Waals surface area contributed by atoms with Crippen LogP contribution in [0.25, 0.3) is 0 Å². The summed E-state index contributed by atoms with van der Waals surface area (Å²) >= 11 is 0. The van der Waals surface area contributed by atoms with E-state index in [1.54, 1.807) is 18.3 Å². The number of aromatic nitrogens is 2. The van der Waals surface area contributed by atoms with Crippen LogP contribution in [0.4, 0.5) is 4.39 Å². The Kier molecular flexibility index (Phi) is 4.68. The normalized spacial score (nSPS) is 12.6. The quantitative estimate of drug-likeness (QED) is 0.866. The summed E-state index contributed by atoms with van der Waals surface area (Å²) in [6.07, 6.45) is 5.52. The fraction of sp³-hybridized carbons (Fsp3) is 0.400. The van der Waals surface area contributed by atoms with Crippen LogP contribution < -0.4 is 5.32 Å². The molecule has 0 saturated heterocycles. The van der Waals surface area contributed by atoms with E-state index in [9.17, 15) is 4.39 Å².